The second-order valence-electron chi connectivity index (χ2n) is 4.81. The first-order valence-corrected chi connectivity index (χ1v) is 6.19. The summed E-state index contributed by atoms with van der Waals surface area (Å²) in [6.45, 7) is 2.17. The van der Waals surface area contributed by atoms with Gasteiger partial charge < -0.3 is 15.5 Å². The number of nitrogens with one attached hydrogen (secondary N) is 1. The van der Waals surface area contributed by atoms with E-state index in [1.165, 1.54) is 0 Å². The molecule has 94 valence electrons. The zero-order valence-electron chi connectivity index (χ0n) is 10.3. The van der Waals surface area contributed by atoms with Gasteiger partial charge in [-0.15, -0.1) is 0 Å². The Morgan fingerprint density at radius 3 is 3.11 bits per heavy atom. The van der Waals surface area contributed by atoms with Crippen LogP contribution in [0.1, 0.15) is 24.8 Å². The van der Waals surface area contributed by atoms with Gasteiger partial charge in [-0.2, -0.15) is 0 Å². The molecule has 0 aliphatic heterocycles. The molecule has 1 heterocycles. The maximum absolute atomic E-state index is 11.8. The molecule has 1 aliphatic rings. The largest absolute Gasteiger partial charge is 0.465 e. The summed E-state index contributed by atoms with van der Waals surface area (Å²) in [5, 5.41) is 1.14. The van der Waals surface area contributed by atoms with Crippen LogP contribution < -0.4 is 5.73 Å². The molecule has 3 rings (SSSR count). The van der Waals surface area contributed by atoms with Gasteiger partial charge in [0.15, 0.2) is 0 Å². The number of hydrogen-bond donors (Lipinski definition) is 2. The van der Waals surface area contributed by atoms with Gasteiger partial charge in [0.2, 0.25) is 0 Å². The maximum Gasteiger partial charge on any atom is 0.326 e. The second-order valence-corrected chi connectivity index (χ2v) is 4.81. The number of ether oxygens (including phenoxy) is 1. The Kier molecular flexibility index (Phi) is 2.41. The van der Waals surface area contributed by atoms with E-state index in [1.807, 2.05) is 30.5 Å². The number of carbonyl (C=O) groups is 1. The Hall–Kier alpha value is -1.81. The molecule has 3 N–H and O–H groups in total. The van der Waals surface area contributed by atoms with Crippen molar-refractivity contribution in [2.75, 3.05) is 6.61 Å². The number of fused-ring (bicyclic) bond motifs is 1. The lowest BCUT2D eigenvalue weighted by atomic mass is 10.1. The Balaban J connectivity index is 1.92. The summed E-state index contributed by atoms with van der Waals surface area (Å²) in [6, 6.07) is 8.04. The number of aromatic nitrogens is 1. The predicted octanol–water partition coefficient (Wildman–Crippen LogP) is 1.92. The Labute approximate surface area is 105 Å². The van der Waals surface area contributed by atoms with Crippen molar-refractivity contribution in [1.29, 1.82) is 0 Å². The van der Waals surface area contributed by atoms with Crippen molar-refractivity contribution < 1.29 is 9.53 Å². The molecule has 0 bridgehead atoms. The van der Waals surface area contributed by atoms with Gasteiger partial charge in [-0.05, 0) is 25.0 Å². The van der Waals surface area contributed by atoms with Crippen LogP contribution in [0.3, 0.4) is 0 Å². The third kappa shape index (κ3) is 1.53. The highest BCUT2D eigenvalue weighted by Gasteiger charge is 2.59. The first-order chi connectivity index (χ1) is 8.66. The van der Waals surface area contributed by atoms with Crippen molar-refractivity contribution in [2.24, 2.45) is 5.73 Å². The minimum absolute atomic E-state index is 0.0627. The summed E-state index contributed by atoms with van der Waals surface area (Å²) in [7, 11) is 0. The summed E-state index contributed by atoms with van der Waals surface area (Å²) in [6.07, 6.45) is 2.61. The minimum Gasteiger partial charge on any atom is -0.465 e. The Morgan fingerprint density at radius 2 is 2.33 bits per heavy atom. The van der Waals surface area contributed by atoms with Gasteiger partial charge in [-0.1, -0.05) is 18.2 Å². The highest BCUT2D eigenvalue weighted by Crippen LogP contribution is 2.51. The number of H-pyrrole nitrogens is 1. The molecule has 2 aromatic rings. The Bertz CT molecular complexity index is 605. The standard InChI is InChI=1S/C14H16N2O2/c1-2-18-13(17)14(15)7-11(14)10-8-16-12-6-4-3-5-9(10)12/h3-6,8,11,16H,2,7,15H2,1H3. The molecule has 4 heteroatoms. The topological polar surface area (TPSA) is 68.1 Å². The fourth-order valence-electron chi connectivity index (χ4n) is 2.54. The van der Waals surface area contributed by atoms with E-state index in [4.69, 9.17) is 10.5 Å². The molecule has 1 aromatic carbocycles. The number of benzene rings is 1. The fourth-order valence-corrected chi connectivity index (χ4v) is 2.54. The third-order valence-corrected chi connectivity index (χ3v) is 3.66. The van der Waals surface area contributed by atoms with Crippen molar-refractivity contribution in [2.45, 2.75) is 24.8 Å². The van der Waals surface area contributed by atoms with Gasteiger partial charge in [0, 0.05) is 23.0 Å². The molecule has 1 aliphatic carbocycles. The smallest absolute Gasteiger partial charge is 0.326 e. The van der Waals surface area contributed by atoms with Crippen LogP contribution >= 0.6 is 0 Å². The molecule has 4 nitrogen and oxygen atoms in total. The quantitative estimate of drug-likeness (QED) is 0.810. The summed E-state index contributed by atoms with van der Waals surface area (Å²) in [4.78, 5) is 15.0. The lowest BCUT2D eigenvalue weighted by molar-refractivity contribution is -0.145. The number of rotatable bonds is 3. The Morgan fingerprint density at radius 1 is 1.56 bits per heavy atom. The fraction of sp³-hybridized carbons (Fsp3) is 0.357. The summed E-state index contributed by atoms with van der Waals surface area (Å²) >= 11 is 0. The number of aromatic amines is 1. The molecule has 0 amide bonds. The highest BCUT2D eigenvalue weighted by molar-refractivity contribution is 5.91. The van der Waals surface area contributed by atoms with E-state index in [2.05, 4.69) is 4.98 Å². The summed E-state index contributed by atoms with van der Waals surface area (Å²) in [5.41, 5.74) is 7.47. The van der Waals surface area contributed by atoms with Crippen LogP contribution in [0, 0.1) is 0 Å². The SMILES string of the molecule is CCOC(=O)C1(N)CC1c1c[nH]c2ccccc12. The monoisotopic (exact) mass is 244 g/mol. The van der Waals surface area contributed by atoms with Gasteiger partial charge in [-0.3, -0.25) is 4.79 Å². The molecule has 18 heavy (non-hydrogen) atoms. The van der Waals surface area contributed by atoms with Gasteiger partial charge >= 0.3 is 5.97 Å². The molecule has 0 saturated heterocycles. The third-order valence-electron chi connectivity index (χ3n) is 3.66. The van der Waals surface area contributed by atoms with Crippen LogP contribution in [0.25, 0.3) is 10.9 Å². The predicted molar refractivity (Wildman–Crippen MR) is 69.2 cm³/mol. The number of para-hydroxylation sites is 1. The first-order valence-electron chi connectivity index (χ1n) is 6.19. The molecule has 1 saturated carbocycles. The van der Waals surface area contributed by atoms with Crippen molar-refractivity contribution >= 4 is 16.9 Å². The van der Waals surface area contributed by atoms with E-state index < -0.39 is 5.54 Å². The van der Waals surface area contributed by atoms with E-state index in [-0.39, 0.29) is 11.9 Å². The number of esters is 1. The summed E-state index contributed by atoms with van der Waals surface area (Å²) < 4.78 is 5.04. The average Bonchev–Trinajstić information content (AvgIpc) is 2.88. The van der Waals surface area contributed by atoms with E-state index in [0.717, 1.165) is 16.5 Å². The molecule has 0 radical (unpaired) electrons. The van der Waals surface area contributed by atoms with E-state index in [9.17, 15) is 4.79 Å². The zero-order chi connectivity index (χ0) is 12.8. The van der Waals surface area contributed by atoms with E-state index in [0.29, 0.717) is 13.0 Å². The maximum atomic E-state index is 11.8. The van der Waals surface area contributed by atoms with Crippen LogP contribution in [-0.4, -0.2) is 23.1 Å². The second kappa shape index (κ2) is 3.85. The van der Waals surface area contributed by atoms with Gasteiger partial charge in [-0.25, -0.2) is 0 Å². The lowest BCUT2D eigenvalue weighted by Gasteiger charge is -2.09. The van der Waals surface area contributed by atoms with Crippen LogP contribution in [0.4, 0.5) is 0 Å². The number of nitrogens with two attached hydrogens (primary N) is 1. The van der Waals surface area contributed by atoms with Crippen molar-refractivity contribution in [1.82, 2.24) is 4.98 Å². The molecular formula is C14H16N2O2. The average molecular weight is 244 g/mol. The van der Waals surface area contributed by atoms with E-state index >= 15 is 0 Å². The van der Waals surface area contributed by atoms with Gasteiger partial charge in [0.25, 0.3) is 0 Å². The molecule has 1 aromatic heterocycles. The highest BCUT2D eigenvalue weighted by atomic mass is 16.5. The molecular weight excluding hydrogens is 228 g/mol. The van der Waals surface area contributed by atoms with Crippen molar-refractivity contribution in [3.63, 3.8) is 0 Å². The normalized spacial score (nSPS) is 26.2. The molecule has 2 unspecified atom stereocenters. The molecule has 0 spiro atoms. The van der Waals surface area contributed by atoms with Crippen LogP contribution in [0.5, 0.6) is 0 Å². The van der Waals surface area contributed by atoms with Gasteiger partial charge in [0.1, 0.15) is 5.54 Å². The van der Waals surface area contributed by atoms with Crippen LogP contribution in [-0.2, 0) is 9.53 Å². The molecule has 1 fully saturated rings. The van der Waals surface area contributed by atoms with Crippen molar-refractivity contribution in [3.8, 4) is 0 Å². The first kappa shape index (κ1) is 11.3. The van der Waals surface area contributed by atoms with E-state index in [1.54, 1.807) is 6.92 Å². The number of carbonyl (C=O) groups excluding carboxylic acids is 1. The van der Waals surface area contributed by atoms with Crippen molar-refractivity contribution in [3.05, 3.63) is 36.0 Å². The minimum atomic E-state index is -0.832. The van der Waals surface area contributed by atoms with Crippen LogP contribution in [0.15, 0.2) is 30.5 Å². The van der Waals surface area contributed by atoms with Gasteiger partial charge in [0.05, 0.1) is 6.61 Å². The summed E-state index contributed by atoms with van der Waals surface area (Å²) in [5.74, 6) is -0.229. The molecule has 2 atom stereocenters. The van der Waals surface area contributed by atoms with Crippen LogP contribution in [0.2, 0.25) is 0 Å². The number of hydrogen-bond acceptors (Lipinski definition) is 3. The zero-order valence-corrected chi connectivity index (χ0v) is 10.3. The lowest BCUT2D eigenvalue weighted by Crippen LogP contribution is -2.36.